The van der Waals surface area contributed by atoms with Gasteiger partial charge < -0.3 is 10.1 Å². The second-order valence-corrected chi connectivity index (χ2v) is 7.55. The Balaban J connectivity index is 1.56. The summed E-state index contributed by atoms with van der Waals surface area (Å²) in [5, 5.41) is 12.7. The van der Waals surface area contributed by atoms with Gasteiger partial charge in [0.2, 0.25) is 5.13 Å². The summed E-state index contributed by atoms with van der Waals surface area (Å²) in [5.41, 5.74) is 2.41. The summed E-state index contributed by atoms with van der Waals surface area (Å²) < 4.78 is 6.76. The van der Waals surface area contributed by atoms with E-state index in [1.54, 1.807) is 23.1 Å². The molecule has 2 aromatic rings. The highest BCUT2D eigenvalue weighted by Gasteiger charge is 2.15. The zero-order chi connectivity index (χ0) is 15.2. The van der Waals surface area contributed by atoms with E-state index in [-0.39, 0.29) is 0 Å². The minimum absolute atomic E-state index is 0.375. The molecule has 4 nitrogen and oxygen atoms in total. The highest BCUT2D eigenvalue weighted by molar-refractivity contribution is 8.01. The Hall–Kier alpha value is -1.11. The zero-order valence-electron chi connectivity index (χ0n) is 12.7. The topological polar surface area (TPSA) is 47.0 Å². The number of nitrogens with zero attached hydrogens (tertiary/aromatic N) is 2. The maximum atomic E-state index is 5.75. The van der Waals surface area contributed by atoms with Crippen molar-refractivity contribution < 1.29 is 4.74 Å². The number of nitrogens with one attached hydrogen (secondary N) is 1. The van der Waals surface area contributed by atoms with E-state index < -0.39 is 0 Å². The maximum absolute atomic E-state index is 5.75. The third-order valence-corrected chi connectivity index (χ3v) is 5.82. The number of hydrogen-bond donors (Lipinski definition) is 1. The molecule has 22 heavy (non-hydrogen) atoms. The molecule has 0 unspecified atom stereocenters. The lowest BCUT2D eigenvalue weighted by Gasteiger charge is -2.21. The van der Waals surface area contributed by atoms with Crippen LogP contribution in [-0.4, -0.2) is 28.7 Å². The Morgan fingerprint density at radius 1 is 1.32 bits per heavy atom. The molecule has 3 rings (SSSR count). The number of thioether (sulfide) groups is 1. The van der Waals surface area contributed by atoms with Crippen LogP contribution in [0.25, 0.3) is 0 Å². The Labute approximate surface area is 139 Å². The molecule has 0 bridgehead atoms. The van der Waals surface area contributed by atoms with E-state index >= 15 is 0 Å². The van der Waals surface area contributed by atoms with Crippen molar-refractivity contribution in [3.8, 4) is 0 Å². The van der Waals surface area contributed by atoms with Gasteiger partial charge in [0.05, 0.1) is 6.10 Å². The third kappa shape index (κ3) is 4.21. The van der Waals surface area contributed by atoms with Gasteiger partial charge in [0.25, 0.3) is 0 Å². The normalized spacial score (nSPS) is 18.3. The number of benzene rings is 1. The monoisotopic (exact) mass is 335 g/mol. The van der Waals surface area contributed by atoms with Crippen LogP contribution >= 0.6 is 23.1 Å². The van der Waals surface area contributed by atoms with Crippen LogP contribution in [0.15, 0.2) is 28.6 Å². The first-order valence-corrected chi connectivity index (χ1v) is 9.58. The van der Waals surface area contributed by atoms with Crippen LogP contribution in [0.3, 0.4) is 0 Å². The standard InChI is InChI=1S/C16H21N3OS2/c1-2-12-7-3-4-9-14(12)17-15-18-19-16(22-15)21-11-13-8-5-6-10-20-13/h3-4,7,9,13H,2,5-6,8,10-11H2,1H3,(H,17,18)/t13-/m1/s1. The second-order valence-electron chi connectivity index (χ2n) is 5.31. The number of rotatable bonds is 6. The van der Waals surface area contributed by atoms with Crippen molar-refractivity contribution in [1.82, 2.24) is 10.2 Å². The van der Waals surface area contributed by atoms with E-state index in [1.807, 2.05) is 6.07 Å². The van der Waals surface area contributed by atoms with Crippen LogP contribution in [0, 0.1) is 0 Å². The molecule has 1 aromatic carbocycles. The average molecular weight is 335 g/mol. The molecule has 0 aliphatic carbocycles. The van der Waals surface area contributed by atoms with Crippen molar-refractivity contribution in [2.45, 2.75) is 43.1 Å². The van der Waals surface area contributed by atoms with Crippen molar-refractivity contribution in [2.24, 2.45) is 0 Å². The molecule has 0 spiro atoms. The predicted molar refractivity (Wildman–Crippen MR) is 93.3 cm³/mol. The summed E-state index contributed by atoms with van der Waals surface area (Å²) >= 11 is 3.36. The summed E-state index contributed by atoms with van der Waals surface area (Å²) in [6.07, 6.45) is 5.02. The van der Waals surface area contributed by atoms with Crippen molar-refractivity contribution in [2.75, 3.05) is 17.7 Å². The number of para-hydroxylation sites is 1. The molecular weight excluding hydrogens is 314 g/mol. The first-order valence-electron chi connectivity index (χ1n) is 7.78. The highest BCUT2D eigenvalue weighted by Crippen LogP contribution is 2.30. The van der Waals surface area contributed by atoms with Gasteiger partial charge >= 0.3 is 0 Å². The van der Waals surface area contributed by atoms with Crippen LogP contribution in [0.5, 0.6) is 0 Å². The van der Waals surface area contributed by atoms with Gasteiger partial charge in [-0.05, 0) is 37.3 Å². The summed E-state index contributed by atoms with van der Waals surface area (Å²) in [5.74, 6) is 0.972. The maximum Gasteiger partial charge on any atom is 0.210 e. The van der Waals surface area contributed by atoms with Crippen LogP contribution in [0.1, 0.15) is 31.7 Å². The first-order chi connectivity index (χ1) is 10.8. The molecular formula is C16H21N3OS2. The van der Waals surface area contributed by atoms with Gasteiger partial charge in [0.1, 0.15) is 0 Å². The molecule has 0 radical (unpaired) electrons. The molecule has 0 amide bonds. The fourth-order valence-corrected chi connectivity index (χ4v) is 4.34. The summed E-state index contributed by atoms with van der Waals surface area (Å²) in [6, 6.07) is 8.33. The fraction of sp³-hybridized carbons (Fsp3) is 0.500. The highest BCUT2D eigenvalue weighted by atomic mass is 32.2. The van der Waals surface area contributed by atoms with E-state index in [9.17, 15) is 0 Å². The SMILES string of the molecule is CCc1ccccc1Nc1nnc(SC[C@H]2CCCCO2)s1. The summed E-state index contributed by atoms with van der Waals surface area (Å²) in [4.78, 5) is 0. The molecule has 1 N–H and O–H groups in total. The van der Waals surface area contributed by atoms with Gasteiger partial charge in [-0.25, -0.2) is 0 Å². The number of aryl methyl sites for hydroxylation is 1. The van der Waals surface area contributed by atoms with Gasteiger partial charge in [-0.3, -0.25) is 0 Å². The van der Waals surface area contributed by atoms with Crippen LogP contribution < -0.4 is 5.32 Å². The molecule has 1 atom stereocenters. The molecule has 0 saturated carbocycles. The number of hydrogen-bond acceptors (Lipinski definition) is 6. The van der Waals surface area contributed by atoms with Gasteiger partial charge in [0.15, 0.2) is 4.34 Å². The minimum Gasteiger partial charge on any atom is -0.377 e. The van der Waals surface area contributed by atoms with Crippen LogP contribution in [-0.2, 0) is 11.2 Å². The van der Waals surface area contributed by atoms with E-state index in [1.165, 1.54) is 24.8 Å². The molecule has 1 aromatic heterocycles. The predicted octanol–water partition coefficient (Wildman–Crippen LogP) is 4.51. The van der Waals surface area contributed by atoms with E-state index in [2.05, 4.69) is 40.6 Å². The van der Waals surface area contributed by atoms with Crippen molar-refractivity contribution in [1.29, 1.82) is 0 Å². The molecule has 118 valence electrons. The lowest BCUT2D eigenvalue weighted by molar-refractivity contribution is 0.0315. The number of anilines is 2. The molecule has 2 heterocycles. The molecule has 1 fully saturated rings. The lowest BCUT2D eigenvalue weighted by atomic mass is 10.1. The van der Waals surface area contributed by atoms with Gasteiger partial charge in [-0.2, -0.15) is 0 Å². The lowest BCUT2D eigenvalue weighted by Crippen LogP contribution is -2.21. The quantitative estimate of drug-likeness (QED) is 0.787. The average Bonchev–Trinajstić information content (AvgIpc) is 3.02. The molecule has 6 heteroatoms. The van der Waals surface area contributed by atoms with Gasteiger partial charge in [-0.1, -0.05) is 48.2 Å². The van der Waals surface area contributed by atoms with Gasteiger partial charge in [0, 0.05) is 18.0 Å². The Morgan fingerprint density at radius 3 is 3.05 bits per heavy atom. The van der Waals surface area contributed by atoms with E-state index in [4.69, 9.17) is 4.74 Å². The Bertz CT molecular complexity index is 597. The van der Waals surface area contributed by atoms with Crippen molar-refractivity contribution in [3.05, 3.63) is 29.8 Å². The molecule has 1 aliphatic rings. The smallest absolute Gasteiger partial charge is 0.210 e. The largest absolute Gasteiger partial charge is 0.377 e. The zero-order valence-corrected chi connectivity index (χ0v) is 14.4. The summed E-state index contributed by atoms with van der Waals surface area (Å²) in [6.45, 7) is 3.06. The number of ether oxygens (including phenoxy) is 1. The molecule has 1 aliphatic heterocycles. The van der Waals surface area contributed by atoms with Crippen molar-refractivity contribution in [3.63, 3.8) is 0 Å². The first kappa shape index (κ1) is 15.8. The van der Waals surface area contributed by atoms with E-state index in [0.29, 0.717) is 6.10 Å². The van der Waals surface area contributed by atoms with Gasteiger partial charge in [-0.15, -0.1) is 10.2 Å². The summed E-state index contributed by atoms with van der Waals surface area (Å²) in [7, 11) is 0. The number of aromatic nitrogens is 2. The van der Waals surface area contributed by atoms with Crippen molar-refractivity contribution >= 4 is 33.9 Å². The second kappa shape index (κ2) is 7.94. The van der Waals surface area contributed by atoms with Crippen LogP contribution in [0.4, 0.5) is 10.8 Å². The Morgan fingerprint density at radius 2 is 2.23 bits per heavy atom. The fourth-order valence-electron chi connectivity index (χ4n) is 2.49. The molecule has 1 saturated heterocycles. The van der Waals surface area contributed by atoms with Crippen LogP contribution in [0.2, 0.25) is 0 Å². The third-order valence-electron chi connectivity index (χ3n) is 3.71. The van der Waals surface area contributed by atoms with E-state index in [0.717, 1.165) is 33.9 Å². The minimum atomic E-state index is 0.375. The Kier molecular flexibility index (Phi) is 5.70.